The first-order valence-electron chi connectivity index (χ1n) is 11.0. The van der Waals surface area contributed by atoms with Crippen molar-refractivity contribution in [2.24, 2.45) is 17.3 Å². The highest BCUT2D eigenvalue weighted by atomic mass is 16.5. The Morgan fingerprint density at radius 1 is 1.16 bits per heavy atom. The zero-order chi connectivity index (χ0) is 22.1. The summed E-state index contributed by atoms with van der Waals surface area (Å²) in [6, 6.07) is 9.92. The molecule has 1 saturated carbocycles. The lowest BCUT2D eigenvalue weighted by Gasteiger charge is -2.26. The summed E-state index contributed by atoms with van der Waals surface area (Å²) >= 11 is 0. The van der Waals surface area contributed by atoms with E-state index >= 15 is 0 Å². The number of carbonyl (C=O) groups excluding carboxylic acids is 1. The molecule has 2 aromatic heterocycles. The van der Waals surface area contributed by atoms with Crippen LogP contribution in [-0.2, 0) is 4.79 Å². The van der Waals surface area contributed by atoms with Gasteiger partial charge in [0.05, 0.1) is 18.5 Å². The fraction of sp³-hybridized carbons (Fsp3) is 0.308. The van der Waals surface area contributed by atoms with Gasteiger partial charge in [-0.15, -0.1) is 0 Å². The van der Waals surface area contributed by atoms with Crippen LogP contribution in [-0.4, -0.2) is 27.5 Å². The number of rotatable bonds is 6. The first kappa shape index (κ1) is 20.4. The molecule has 0 spiro atoms. The zero-order valence-electron chi connectivity index (χ0n) is 18.3. The number of nitrogens with one attached hydrogen (secondary N) is 1. The number of fused-ring (bicyclic) bond motifs is 1. The van der Waals surface area contributed by atoms with Crippen molar-refractivity contribution in [1.29, 1.82) is 0 Å². The van der Waals surface area contributed by atoms with Crippen LogP contribution >= 0.6 is 0 Å². The maximum Gasteiger partial charge on any atom is 0.229 e. The number of hydrogen-bond donors (Lipinski definition) is 1. The Morgan fingerprint density at radius 2 is 2.00 bits per heavy atom. The van der Waals surface area contributed by atoms with Crippen LogP contribution in [0.3, 0.4) is 0 Å². The smallest absolute Gasteiger partial charge is 0.229 e. The van der Waals surface area contributed by atoms with Crippen molar-refractivity contribution in [3.8, 4) is 5.75 Å². The Balaban J connectivity index is 1.34. The van der Waals surface area contributed by atoms with Crippen molar-refractivity contribution in [3.63, 3.8) is 0 Å². The molecule has 6 heteroatoms. The zero-order valence-corrected chi connectivity index (χ0v) is 18.3. The van der Waals surface area contributed by atoms with Gasteiger partial charge in [-0.25, -0.2) is 15.0 Å². The van der Waals surface area contributed by atoms with Gasteiger partial charge < -0.3 is 10.1 Å². The van der Waals surface area contributed by atoms with E-state index in [9.17, 15) is 4.79 Å². The highest BCUT2D eigenvalue weighted by molar-refractivity contribution is 5.96. The van der Waals surface area contributed by atoms with Gasteiger partial charge in [-0.2, -0.15) is 0 Å². The first-order chi connectivity index (χ1) is 15.5. The molecule has 0 saturated heterocycles. The van der Waals surface area contributed by atoms with E-state index in [4.69, 9.17) is 4.74 Å². The van der Waals surface area contributed by atoms with Gasteiger partial charge in [-0.1, -0.05) is 48.6 Å². The Morgan fingerprint density at radius 3 is 2.78 bits per heavy atom. The number of aromatic nitrogens is 3. The lowest BCUT2D eigenvalue weighted by Crippen LogP contribution is -2.29. The van der Waals surface area contributed by atoms with Crippen molar-refractivity contribution in [1.82, 2.24) is 15.0 Å². The van der Waals surface area contributed by atoms with Crippen LogP contribution in [0.2, 0.25) is 0 Å². The van der Waals surface area contributed by atoms with Crippen molar-refractivity contribution < 1.29 is 9.53 Å². The van der Waals surface area contributed by atoms with E-state index in [1.807, 2.05) is 44.2 Å². The van der Waals surface area contributed by atoms with Gasteiger partial charge in [0, 0.05) is 22.9 Å². The second kappa shape index (κ2) is 8.19. The van der Waals surface area contributed by atoms with E-state index in [1.165, 1.54) is 0 Å². The summed E-state index contributed by atoms with van der Waals surface area (Å²) in [5, 5.41) is 5.14. The molecule has 1 N–H and O–H groups in total. The van der Waals surface area contributed by atoms with E-state index in [0.29, 0.717) is 18.2 Å². The normalized spacial score (nSPS) is 23.8. The monoisotopic (exact) mass is 426 g/mol. The van der Waals surface area contributed by atoms with Crippen LogP contribution in [0, 0.1) is 31.1 Å². The van der Waals surface area contributed by atoms with Gasteiger partial charge in [0.15, 0.2) is 5.75 Å². The topological polar surface area (TPSA) is 77.0 Å². The molecule has 2 heterocycles. The third-order valence-corrected chi connectivity index (χ3v) is 6.59. The number of pyridine rings is 1. The molecule has 32 heavy (non-hydrogen) atoms. The Hall–Kier alpha value is -3.54. The third kappa shape index (κ3) is 3.88. The number of hydrogen-bond acceptors (Lipinski definition) is 5. The van der Waals surface area contributed by atoms with Crippen molar-refractivity contribution in [2.45, 2.75) is 26.7 Å². The van der Waals surface area contributed by atoms with Gasteiger partial charge >= 0.3 is 0 Å². The number of allylic oxidation sites excluding steroid dienone is 4. The third-order valence-electron chi connectivity index (χ3n) is 6.59. The number of aryl methyl sites for hydroxylation is 2. The minimum absolute atomic E-state index is 0.00351. The molecule has 1 aromatic carbocycles. The fourth-order valence-corrected chi connectivity index (χ4v) is 4.65. The molecule has 1 amide bonds. The van der Waals surface area contributed by atoms with E-state index in [0.717, 1.165) is 35.1 Å². The maximum absolute atomic E-state index is 13.2. The molecule has 0 radical (unpaired) electrons. The minimum Gasteiger partial charge on any atom is -0.489 e. The lowest BCUT2D eigenvalue weighted by molar-refractivity contribution is -0.118. The number of anilines is 1. The average molecular weight is 427 g/mol. The molecule has 3 aromatic rings. The maximum atomic E-state index is 13.2. The summed E-state index contributed by atoms with van der Waals surface area (Å²) < 4.78 is 6.18. The molecule has 162 valence electrons. The standard InChI is InChI=1S/C26H26N4O2/c1-17-23(15-27-18(2)29-17)32-16-26(21-10-4-3-5-11-21)13-22(26)25(31)30-24-12-19-8-6-7-9-20(19)14-28-24/h3-10,12,14-15,21-22H,11,13,16H2,1-2H3,(H,28,30,31)/t21?,22-,26+/m0/s1. The number of nitrogens with zero attached hydrogens (tertiary/aromatic N) is 3. The van der Waals surface area contributed by atoms with E-state index < -0.39 is 0 Å². The first-order valence-corrected chi connectivity index (χ1v) is 11.0. The molecule has 1 fully saturated rings. The van der Waals surface area contributed by atoms with Crippen LogP contribution in [0.25, 0.3) is 10.8 Å². The molecule has 1 unspecified atom stereocenters. The largest absolute Gasteiger partial charge is 0.489 e. The molecule has 2 aliphatic rings. The van der Waals surface area contributed by atoms with Gasteiger partial charge in [-0.3, -0.25) is 4.79 Å². The van der Waals surface area contributed by atoms with Gasteiger partial charge in [0.1, 0.15) is 11.6 Å². The van der Waals surface area contributed by atoms with Crippen LogP contribution < -0.4 is 10.1 Å². The summed E-state index contributed by atoms with van der Waals surface area (Å²) in [6.07, 6.45) is 13.7. The summed E-state index contributed by atoms with van der Waals surface area (Å²) in [5.74, 6) is 2.08. The molecule has 3 atom stereocenters. The van der Waals surface area contributed by atoms with Crippen molar-refractivity contribution in [3.05, 3.63) is 78.5 Å². The van der Waals surface area contributed by atoms with Crippen LogP contribution in [0.15, 0.2) is 67.0 Å². The Bertz CT molecular complexity index is 1240. The second-order valence-corrected chi connectivity index (χ2v) is 8.71. The van der Waals surface area contributed by atoms with Gasteiger partial charge in [-0.05, 0) is 44.1 Å². The van der Waals surface area contributed by atoms with Crippen molar-refractivity contribution >= 4 is 22.5 Å². The van der Waals surface area contributed by atoms with Crippen LogP contribution in [0.5, 0.6) is 5.75 Å². The highest BCUT2D eigenvalue weighted by Gasteiger charge is 2.62. The number of amides is 1. The average Bonchev–Trinajstić information content (AvgIpc) is 3.55. The molecule has 5 rings (SSSR count). The fourth-order valence-electron chi connectivity index (χ4n) is 4.65. The van der Waals surface area contributed by atoms with Gasteiger partial charge in [0.25, 0.3) is 0 Å². The Labute approximate surface area is 187 Å². The van der Waals surface area contributed by atoms with Crippen LogP contribution in [0.4, 0.5) is 5.82 Å². The molecule has 2 aliphatic carbocycles. The molecule has 0 bridgehead atoms. The molecule has 0 aliphatic heterocycles. The number of benzene rings is 1. The second-order valence-electron chi connectivity index (χ2n) is 8.71. The molecular formula is C26H26N4O2. The number of ether oxygens (including phenoxy) is 1. The van der Waals surface area contributed by atoms with Crippen molar-refractivity contribution in [2.75, 3.05) is 11.9 Å². The number of carbonyl (C=O) groups is 1. The quantitative estimate of drug-likeness (QED) is 0.613. The van der Waals surface area contributed by atoms with E-state index in [1.54, 1.807) is 12.4 Å². The predicted octanol–water partition coefficient (Wildman–Crippen LogP) is 4.80. The predicted molar refractivity (Wildman–Crippen MR) is 124 cm³/mol. The highest BCUT2D eigenvalue weighted by Crippen LogP contribution is 2.60. The van der Waals surface area contributed by atoms with E-state index in [2.05, 4.69) is 44.6 Å². The SMILES string of the molecule is Cc1ncc(OC[C@@]2(C3C=CC=CC3)C[C@H]2C(=O)Nc2cc3ccccc3cn2)c(C)n1. The summed E-state index contributed by atoms with van der Waals surface area (Å²) in [4.78, 5) is 26.3. The van der Waals surface area contributed by atoms with Crippen LogP contribution in [0.1, 0.15) is 24.4 Å². The Kier molecular flexibility index (Phi) is 5.21. The van der Waals surface area contributed by atoms with E-state index in [-0.39, 0.29) is 23.2 Å². The molecule has 6 nitrogen and oxygen atoms in total. The summed E-state index contributed by atoms with van der Waals surface area (Å²) in [5.41, 5.74) is 0.563. The lowest BCUT2D eigenvalue weighted by atomic mass is 9.82. The summed E-state index contributed by atoms with van der Waals surface area (Å²) in [6.45, 7) is 4.23. The summed E-state index contributed by atoms with van der Waals surface area (Å²) in [7, 11) is 0. The molecular weight excluding hydrogens is 400 g/mol. The minimum atomic E-state index is -0.250. The van der Waals surface area contributed by atoms with Gasteiger partial charge in [0.2, 0.25) is 5.91 Å².